The third-order valence-electron chi connectivity index (χ3n) is 4.56. The number of aryl methyl sites for hydroxylation is 1. The van der Waals surface area contributed by atoms with E-state index in [2.05, 4.69) is 10.6 Å². The summed E-state index contributed by atoms with van der Waals surface area (Å²) in [4.78, 5) is 26.1. The molecule has 1 aliphatic rings. The van der Waals surface area contributed by atoms with Crippen LogP contribution in [0.5, 0.6) is 0 Å². The summed E-state index contributed by atoms with van der Waals surface area (Å²) in [5.41, 5.74) is 0.711. The van der Waals surface area contributed by atoms with E-state index in [-0.39, 0.29) is 11.6 Å². The normalized spacial score (nSPS) is 14.7. The Hall–Kier alpha value is -3.03. The molecule has 2 aromatic carbocycles. The van der Waals surface area contributed by atoms with Crippen LogP contribution in [0, 0.1) is 6.92 Å². The molecule has 0 bridgehead atoms. The number of carbonyl (C=O) groups excluding carboxylic acids is 2. The molecule has 28 heavy (non-hydrogen) atoms. The third kappa shape index (κ3) is 4.44. The average Bonchev–Trinajstić information content (AvgIpc) is 2.63. The number of urea groups is 1. The van der Waals surface area contributed by atoms with Crippen molar-refractivity contribution in [1.29, 1.82) is 0 Å². The van der Waals surface area contributed by atoms with Crippen LogP contribution in [0.4, 0.5) is 35.0 Å². The Morgan fingerprint density at radius 1 is 1.07 bits per heavy atom. The maximum absolute atomic E-state index is 13.1. The van der Waals surface area contributed by atoms with Crippen LogP contribution in [0.1, 0.15) is 30.4 Å². The second-order valence-corrected chi connectivity index (χ2v) is 6.63. The van der Waals surface area contributed by atoms with Crippen LogP contribution < -0.4 is 15.5 Å². The molecule has 1 fully saturated rings. The fourth-order valence-corrected chi connectivity index (χ4v) is 3.16. The van der Waals surface area contributed by atoms with Gasteiger partial charge in [-0.15, -0.1) is 0 Å². The monoisotopic (exact) mass is 391 g/mol. The van der Waals surface area contributed by atoms with E-state index < -0.39 is 17.8 Å². The number of nitrogens with zero attached hydrogens (tertiary/aromatic N) is 1. The van der Waals surface area contributed by atoms with Gasteiger partial charge in [-0.2, -0.15) is 13.2 Å². The number of carbonyl (C=O) groups is 2. The number of para-hydroxylation sites is 1. The molecule has 0 atom stereocenters. The van der Waals surface area contributed by atoms with Gasteiger partial charge in [-0.3, -0.25) is 4.79 Å². The summed E-state index contributed by atoms with van der Waals surface area (Å²) in [6, 6.07) is 9.03. The minimum atomic E-state index is -4.57. The van der Waals surface area contributed by atoms with Gasteiger partial charge in [-0.1, -0.05) is 18.2 Å². The Balaban J connectivity index is 1.77. The number of anilines is 3. The summed E-state index contributed by atoms with van der Waals surface area (Å²) in [6.45, 7) is 2.47. The van der Waals surface area contributed by atoms with E-state index in [1.54, 1.807) is 23.1 Å². The Kier molecular flexibility index (Phi) is 5.58. The van der Waals surface area contributed by atoms with E-state index in [1.807, 2.05) is 6.92 Å². The second kappa shape index (κ2) is 7.92. The van der Waals surface area contributed by atoms with Gasteiger partial charge < -0.3 is 15.5 Å². The van der Waals surface area contributed by atoms with Crippen molar-refractivity contribution in [1.82, 2.24) is 0 Å². The first-order valence-corrected chi connectivity index (χ1v) is 8.91. The number of alkyl halides is 3. The van der Waals surface area contributed by atoms with E-state index in [0.29, 0.717) is 24.3 Å². The molecule has 3 amide bonds. The van der Waals surface area contributed by atoms with Gasteiger partial charge in [-0.05, 0) is 49.6 Å². The molecule has 0 spiro atoms. The lowest BCUT2D eigenvalue weighted by Crippen LogP contribution is -2.35. The van der Waals surface area contributed by atoms with Gasteiger partial charge in [0.25, 0.3) is 0 Å². The molecule has 148 valence electrons. The molecule has 1 saturated heterocycles. The molecule has 1 aliphatic heterocycles. The number of nitrogens with one attached hydrogen (secondary N) is 2. The topological polar surface area (TPSA) is 61.4 Å². The summed E-state index contributed by atoms with van der Waals surface area (Å²) >= 11 is 0. The molecule has 2 aromatic rings. The number of piperidine rings is 1. The van der Waals surface area contributed by atoms with Crippen LogP contribution in [-0.2, 0) is 11.0 Å². The standard InChI is InChI=1S/C20H20F3N3O2/c1-13-9-10-14(12-17(13)26-11-5-4-8-18(26)27)24-19(28)25-16-7-3-2-6-15(16)20(21,22)23/h2-3,6-7,9-10,12H,4-5,8,11H2,1H3,(H2,24,25,28). The summed E-state index contributed by atoms with van der Waals surface area (Å²) in [5, 5.41) is 4.77. The number of amides is 3. The Morgan fingerprint density at radius 2 is 1.82 bits per heavy atom. The lowest BCUT2D eigenvalue weighted by atomic mass is 10.1. The second-order valence-electron chi connectivity index (χ2n) is 6.63. The van der Waals surface area contributed by atoms with Gasteiger partial charge in [-0.25, -0.2) is 4.79 Å². The van der Waals surface area contributed by atoms with Crippen molar-refractivity contribution in [2.75, 3.05) is 22.1 Å². The molecule has 0 unspecified atom stereocenters. The smallest absolute Gasteiger partial charge is 0.312 e. The predicted octanol–water partition coefficient (Wildman–Crippen LogP) is 5.17. The predicted molar refractivity (Wildman–Crippen MR) is 101 cm³/mol. The number of halogens is 3. The summed E-state index contributed by atoms with van der Waals surface area (Å²) in [5.74, 6) is 0.0232. The molecule has 2 N–H and O–H groups in total. The van der Waals surface area contributed by atoms with Crippen molar-refractivity contribution >= 4 is 29.0 Å². The maximum atomic E-state index is 13.1. The highest BCUT2D eigenvalue weighted by Gasteiger charge is 2.33. The first-order valence-electron chi connectivity index (χ1n) is 8.91. The van der Waals surface area contributed by atoms with E-state index in [9.17, 15) is 22.8 Å². The molecule has 0 aliphatic carbocycles. The van der Waals surface area contributed by atoms with Crippen molar-refractivity contribution in [3.05, 3.63) is 53.6 Å². The van der Waals surface area contributed by atoms with Crippen LogP contribution in [0.3, 0.4) is 0 Å². The van der Waals surface area contributed by atoms with Crippen LogP contribution in [0.25, 0.3) is 0 Å². The number of benzene rings is 2. The fraction of sp³-hybridized carbons (Fsp3) is 0.300. The lowest BCUT2D eigenvalue weighted by Gasteiger charge is -2.28. The third-order valence-corrected chi connectivity index (χ3v) is 4.56. The molecule has 1 heterocycles. The van der Waals surface area contributed by atoms with Crippen LogP contribution >= 0.6 is 0 Å². The highest BCUT2D eigenvalue weighted by Crippen LogP contribution is 2.34. The minimum Gasteiger partial charge on any atom is -0.312 e. The van der Waals surface area contributed by atoms with Gasteiger partial charge in [0.05, 0.1) is 11.3 Å². The first kappa shape index (κ1) is 19.7. The molecular weight excluding hydrogens is 371 g/mol. The molecule has 0 radical (unpaired) electrons. The minimum absolute atomic E-state index is 0.0232. The molecule has 5 nitrogen and oxygen atoms in total. The van der Waals surface area contributed by atoms with Crippen molar-refractivity contribution in [2.45, 2.75) is 32.4 Å². The van der Waals surface area contributed by atoms with Crippen LogP contribution in [0.2, 0.25) is 0 Å². The van der Waals surface area contributed by atoms with Crippen LogP contribution in [0.15, 0.2) is 42.5 Å². The van der Waals surface area contributed by atoms with Crippen molar-refractivity contribution in [3.63, 3.8) is 0 Å². The number of hydrogen-bond acceptors (Lipinski definition) is 2. The summed E-state index contributed by atoms with van der Waals surface area (Å²) in [7, 11) is 0. The van der Waals surface area contributed by atoms with Crippen LogP contribution in [-0.4, -0.2) is 18.5 Å². The Bertz CT molecular complexity index is 897. The lowest BCUT2D eigenvalue weighted by molar-refractivity contribution is -0.136. The average molecular weight is 391 g/mol. The number of hydrogen-bond donors (Lipinski definition) is 2. The zero-order chi connectivity index (χ0) is 20.3. The van der Waals surface area contributed by atoms with Gasteiger partial charge in [0, 0.05) is 24.3 Å². The number of rotatable bonds is 3. The van der Waals surface area contributed by atoms with Gasteiger partial charge >= 0.3 is 12.2 Å². The van der Waals surface area contributed by atoms with E-state index in [4.69, 9.17) is 0 Å². The summed E-state index contributed by atoms with van der Waals surface area (Å²) < 4.78 is 39.2. The summed E-state index contributed by atoms with van der Waals surface area (Å²) in [6.07, 6.45) is -2.34. The molecular formula is C20H20F3N3O2. The van der Waals surface area contributed by atoms with E-state index in [0.717, 1.165) is 24.5 Å². The van der Waals surface area contributed by atoms with Gasteiger partial charge in [0.1, 0.15) is 0 Å². The highest BCUT2D eigenvalue weighted by atomic mass is 19.4. The van der Waals surface area contributed by atoms with Crippen molar-refractivity contribution in [3.8, 4) is 0 Å². The molecule has 8 heteroatoms. The van der Waals surface area contributed by atoms with E-state index >= 15 is 0 Å². The molecule has 3 rings (SSSR count). The van der Waals surface area contributed by atoms with Crippen molar-refractivity contribution in [2.24, 2.45) is 0 Å². The zero-order valence-corrected chi connectivity index (χ0v) is 15.3. The maximum Gasteiger partial charge on any atom is 0.418 e. The zero-order valence-electron chi connectivity index (χ0n) is 15.3. The molecule has 0 aromatic heterocycles. The first-order chi connectivity index (χ1) is 13.3. The Labute approximate surface area is 160 Å². The van der Waals surface area contributed by atoms with E-state index in [1.165, 1.54) is 18.2 Å². The highest BCUT2D eigenvalue weighted by molar-refractivity contribution is 6.01. The SMILES string of the molecule is Cc1ccc(NC(=O)Nc2ccccc2C(F)(F)F)cc1N1CCCCC1=O. The largest absolute Gasteiger partial charge is 0.418 e. The quantitative estimate of drug-likeness (QED) is 0.758. The Morgan fingerprint density at radius 3 is 2.54 bits per heavy atom. The fourth-order valence-electron chi connectivity index (χ4n) is 3.16. The molecule has 0 saturated carbocycles. The van der Waals surface area contributed by atoms with Crippen molar-refractivity contribution < 1.29 is 22.8 Å². The van der Waals surface area contributed by atoms with Gasteiger partial charge in [0.15, 0.2) is 0 Å². The van der Waals surface area contributed by atoms with Gasteiger partial charge in [0.2, 0.25) is 5.91 Å².